The van der Waals surface area contributed by atoms with Crippen LogP contribution in [0.25, 0.3) is 0 Å². The Morgan fingerprint density at radius 2 is 1.87 bits per heavy atom. The van der Waals surface area contributed by atoms with Gasteiger partial charge in [0.1, 0.15) is 12.4 Å². The number of likely N-dealkylation sites (tertiary alicyclic amines) is 2. The monoisotopic (exact) mass is 429 g/mol. The average molecular weight is 430 g/mol. The average Bonchev–Trinajstić information content (AvgIpc) is 2.77. The van der Waals surface area contributed by atoms with E-state index >= 15 is 0 Å². The third kappa shape index (κ3) is 6.49. The molecule has 0 spiro atoms. The van der Waals surface area contributed by atoms with Gasteiger partial charge in [-0.3, -0.25) is 0 Å². The molecule has 31 heavy (non-hydrogen) atoms. The highest BCUT2D eigenvalue weighted by atomic mass is 16.5. The number of hydrogen-bond donors (Lipinski definition) is 2. The Morgan fingerprint density at radius 3 is 2.45 bits per heavy atom. The van der Waals surface area contributed by atoms with E-state index in [0.717, 1.165) is 32.6 Å². The molecule has 2 N–H and O–H groups in total. The molecule has 2 heterocycles. The minimum atomic E-state index is -0.493. The smallest absolute Gasteiger partial charge is 0.407 e. The number of alkyl carbamates (subject to hydrolysis) is 1. The van der Waals surface area contributed by atoms with Crippen LogP contribution in [0.4, 0.5) is 9.59 Å². The Bertz CT molecular complexity index is 780. The van der Waals surface area contributed by atoms with Crippen molar-refractivity contribution >= 4 is 12.1 Å². The third-order valence-electron chi connectivity index (χ3n) is 5.69. The number of fused-ring (bicyclic) bond motifs is 2. The van der Waals surface area contributed by atoms with Crippen LogP contribution < -0.4 is 15.4 Å². The number of nitrogens with zero attached hydrogens (tertiary/aromatic N) is 3. The van der Waals surface area contributed by atoms with Crippen molar-refractivity contribution in [3.8, 4) is 11.8 Å². The number of nitriles is 1. The van der Waals surface area contributed by atoms with Gasteiger partial charge in [-0.05, 0) is 49.4 Å². The molecule has 3 rings (SSSR count). The van der Waals surface area contributed by atoms with Gasteiger partial charge in [-0.1, -0.05) is 0 Å². The van der Waals surface area contributed by atoms with Crippen molar-refractivity contribution in [2.45, 2.75) is 19.4 Å². The first-order chi connectivity index (χ1) is 15.0. The Kier molecular flexibility index (Phi) is 7.95. The first-order valence-electron chi connectivity index (χ1n) is 10.7. The lowest BCUT2D eigenvalue weighted by atomic mass is 9.84. The minimum absolute atomic E-state index is 0.0201. The lowest BCUT2D eigenvalue weighted by molar-refractivity contribution is 0.0385. The Labute approximate surface area is 183 Å². The second-order valence-corrected chi connectivity index (χ2v) is 8.21. The first kappa shape index (κ1) is 22.7. The number of benzene rings is 1. The zero-order valence-electron chi connectivity index (χ0n) is 18.2. The fourth-order valence-electron chi connectivity index (χ4n) is 4.47. The van der Waals surface area contributed by atoms with Gasteiger partial charge in [-0.15, -0.1) is 0 Å². The summed E-state index contributed by atoms with van der Waals surface area (Å²) in [6.45, 7) is 6.77. The summed E-state index contributed by atoms with van der Waals surface area (Å²) in [4.78, 5) is 28.3. The zero-order valence-corrected chi connectivity index (χ0v) is 18.2. The standard InChI is InChI=1S/C22H31N5O4/c1-3-24-21(28)27-12-17-8-18(13-27)11-26(10-17)14-19(25-22(29)30-2)15-31-20-6-4-16(9-23)5-7-20/h4-7,17-19H,3,8,10-15H2,1-2H3,(H,24,28)(H,25,29)/t17?,18?,19-/m1/s1. The lowest BCUT2D eigenvalue weighted by Gasteiger charge is -2.46. The van der Waals surface area contributed by atoms with Crippen molar-refractivity contribution in [1.82, 2.24) is 20.4 Å². The first-order valence-corrected chi connectivity index (χ1v) is 10.7. The molecule has 0 radical (unpaired) electrons. The molecule has 9 nitrogen and oxygen atoms in total. The number of methoxy groups -OCH3 is 1. The molecule has 2 unspecified atom stereocenters. The van der Waals surface area contributed by atoms with Gasteiger partial charge in [0.2, 0.25) is 0 Å². The molecule has 0 aliphatic carbocycles. The third-order valence-corrected chi connectivity index (χ3v) is 5.69. The molecule has 1 aromatic carbocycles. The summed E-state index contributed by atoms with van der Waals surface area (Å²) in [5, 5.41) is 14.7. The number of ether oxygens (including phenoxy) is 2. The molecule has 0 saturated carbocycles. The van der Waals surface area contributed by atoms with Crippen LogP contribution in [0.15, 0.2) is 24.3 Å². The minimum Gasteiger partial charge on any atom is -0.491 e. The number of hydrogen-bond acceptors (Lipinski definition) is 6. The molecular formula is C22H31N5O4. The predicted molar refractivity (Wildman–Crippen MR) is 115 cm³/mol. The van der Waals surface area contributed by atoms with Crippen LogP contribution in [0.5, 0.6) is 5.75 Å². The van der Waals surface area contributed by atoms with Crippen molar-refractivity contribution in [3.63, 3.8) is 0 Å². The molecule has 2 aliphatic heterocycles. The number of carbonyl (C=O) groups excluding carboxylic acids is 2. The fraction of sp³-hybridized carbons (Fsp3) is 0.591. The highest BCUT2D eigenvalue weighted by molar-refractivity contribution is 5.74. The van der Waals surface area contributed by atoms with Crippen LogP contribution in [0, 0.1) is 23.2 Å². The van der Waals surface area contributed by atoms with Gasteiger partial charge in [0.05, 0.1) is 24.8 Å². The molecule has 2 fully saturated rings. The molecule has 1 aromatic rings. The maximum Gasteiger partial charge on any atom is 0.407 e. The number of piperidine rings is 2. The molecular weight excluding hydrogens is 398 g/mol. The van der Waals surface area contributed by atoms with Crippen LogP contribution in [-0.2, 0) is 4.74 Å². The Morgan fingerprint density at radius 1 is 1.19 bits per heavy atom. The van der Waals surface area contributed by atoms with Gasteiger partial charge in [0.25, 0.3) is 0 Å². The number of urea groups is 1. The van der Waals surface area contributed by atoms with Gasteiger partial charge in [0.15, 0.2) is 0 Å². The second kappa shape index (κ2) is 10.9. The van der Waals surface area contributed by atoms with Crippen LogP contribution in [0.3, 0.4) is 0 Å². The lowest BCUT2D eigenvalue weighted by Crippen LogP contribution is -2.58. The molecule has 3 atom stereocenters. The summed E-state index contributed by atoms with van der Waals surface area (Å²) in [6.07, 6.45) is 0.636. The highest BCUT2D eigenvalue weighted by Crippen LogP contribution is 2.28. The van der Waals surface area contributed by atoms with Crippen molar-refractivity contribution in [2.24, 2.45) is 11.8 Å². The van der Waals surface area contributed by atoms with E-state index in [4.69, 9.17) is 14.7 Å². The van der Waals surface area contributed by atoms with E-state index < -0.39 is 6.09 Å². The molecule has 2 aliphatic rings. The van der Waals surface area contributed by atoms with Crippen LogP contribution in [0.2, 0.25) is 0 Å². The van der Waals surface area contributed by atoms with Gasteiger partial charge in [-0.25, -0.2) is 9.59 Å². The topological polar surface area (TPSA) is 107 Å². The van der Waals surface area contributed by atoms with Crippen LogP contribution in [0.1, 0.15) is 18.9 Å². The largest absolute Gasteiger partial charge is 0.491 e. The van der Waals surface area contributed by atoms with E-state index in [2.05, 4.69) is 21.6 Å². The van der Waals surface area contributed by atoms with Crippen LogP contribution >= 0.6 is 0 Å². The molecule has 2 bridgehead atoms. The number of carbonyl (C=O) groups is 2. The number of amides is 3. The molecule has 9 heteroatoms. The molecule has 168 valence electrons. The summed E-state index contributed by atoms with van der Waals surface area (Å²) in [5.74, 6) is 1.49. The van der Waals surface area contributed by atoms with Crippen molar-refractivity contribution in [2.75, 3.05) is 53.0 Å². The highest BCUT2D eigenvalue weighted by Gasteiger charge is 2.36. The number of rotatable bonds is 7. The van der Waals surface area contributed by atoms with E-state index in [1.807, 2.05) is 11.8 Å². The van der Waals surface area contributed by atoms with Crippen molar-refractivity contribution < 1.29 is 19.1 Å². The van der Waals surface area contributed by atoms with E-state index in [-0.39, 0.29) is 18.7 Å². The molecule has 0 aromatic heterocycles. The predicted octanol–water partition coefficient (Wildman–Crippen LogP) is 1.64. The SMILES string of the molecule is CCNC(=O)N1CC2CC(CN(C[C@H](COc3ccc(C#N)cc3)NC(=O)OC)C2)C1. The maximum absolute atomic E-state index is 12.2. The van der Waals surface area contributed by atoms with Crippen molar-refractivity contribution in [3.05, 3.63) is 29.8 Å². The molecule has 2 saturated heterocycles. The number of nitrogens with one attached hydrogen (secondary N) is 2. The Balaban J connectivity index is 1.56. The van der Waals surface area contributed by atoms with E-state index in [1.54, 1.807) is 24.3 Å². The summed E-state index contributed by atoms with van der Waals surface area (Å²) in [7, 11) is 1.34. The Hall–Kier alpha value is -2.99. The van der Waals surface area contributed by atoms with Gasteiger partial charge < -0.3 is 29.9 Å². The quantitative estimate of drug-likeness (QED) is 0.683. The summed E-state index contributed by atoms with van der Waals surface area (Å²) in [6, 6.07) is 8.74. The van der Waals surface area contributed by atoms with Crippen LogP contribution in [-0.4, -0.2) is 81.0 Å². The van der Waals surface area contributed by atoms with Crippen molar-refractivity contribution in [1.29, 1.82) is 5.26 Å². The molecule has 3 amide bonds. The van der Waals surface area contributed by atoms with E-state index in [1.165, 1.54) is 7.11 Å². The fourth-order valence-corrected chi connectivity index (χ4v) is 4.47. The second-order valence-electron chi connectivity index (χ2n) is 8.21. The van der Waals surface area contributed by atoms with Gasteiger partial charge in [0, 0.05) is 39.3 Å². The summed E-state index contributed by atoms with van der Waals surface area (Å²) >= 11 is 0. The van der Waals surface area contributed by atoms with Gasteiger partial charge >= 0.3 is 12.1 Å². The normalized spacial score (nSPS) is 21.5. The summed E-state index contributed by atoms with van der Waals surface area (Å²) in [5.41, 5.74) is 0.568. The maximum atomic E-state index is 12.2. The van der Waals surface area contributed by atoms with Gasteiger partial charge in [-0.2, -0.15) is 5.26 Å². The van der Waals surface area contributed by atoms with E-state index in [9.17, 15) is 9.59 Å². The zero-order chi connectivity index (χ0) is 22.2. The van der Waals surface area contributed by atoms with E-state index in [0.29, 0.717) is 36.2 Å². The summed E-state index contributed by atoms with van der Waals surface area (Å²) < 4.78 is 10.6.